The zero-order valence-electron chi connectivity index (χ0n) is 11.4. The van der Waals surface area contributed by atoms with Crippen molar-refractivity contribution in [1.29, 1.82) is 0 Å². The number of benzene rings is 2. The van der Waals surface area contributed by atoms with Crippen LogP contribution in [-0.4, -0.2) is 5.11 Å². The van der Waals surface area contributed by atoms with Gasteiger partial charge in [-0.05, 0) is 43.7 Å². The molecule has 0 bridgehead atoms. The Balaban J connectivity index is 2.16. The lowest BCUT2D eigenvalue weighted by atomic mass is 10.1. The fourth-order valence-electron chi connectivity index (χ4n) is 1.92. The van der Waals surface area contributed by atoms with Crippen LogP contribution in [0.3, 0.4) is 0 Å². The van der Waals surface area contributed by atoms with E-state index in [-0.39, 0.29) is 11.6 Å². The van der Waals surface area contributed by atoms with Crippen molar-refractivity contribution in [3.63, 3.8) is 0 Å². The molecule has 0 saturated heterocycles. The second-order valence-electron chi connectivity index (χ2n) is 4.75. The summed E-state index contributed by atoms with van der Waals surface area (Å²) in [7, 11) is 0. The third-order valence-corrected chi connectivity index (χ3v) is 3.30. The van der Waals surface area contributed by atoms with E-state index in [1.54, 1.807) is 13.0 Å². The van der Waals surface area contributed by atoms with Crippen LogP contribution in [0.2, 0.25) is 5.02 Å². The first-order valence-electron chi connectivity index (χ1n) is 6.32. The van der Waals surface area contributed by atoms with Crippen LogP contribution in [0.5, 0.6) is 5.75 Å². The predicted molar refractivity (Wildman–Crippen MR) is 77.6 cm³/mol. The van der Waals surface area contributed by atoms with Gasteiger partial charge in [-0.25, -0.2) is 4.39 Å². The first-order valence-corrected chi connectivity index (χ1v) is 6.70. The third-order valence-electron chi connectivity index (χ3n) is 2.99. The molecule has 2 nitrogen and oxygen atoms in total. The molecule has 106 valence electrons. The highest BCUT2D eigenvalue weighted by molar-refractivity contribution is 6.30. The van der Waals surface area contributed by atoms with Crippen molar-refractivity contribution in [1.82, 2.24) is 0 Å². The largest absolute Gasteiger partial charge is 0.489 e. The van der Waals surface area contributed by atoms with Gasteiger partial charge in [0.2, 0.25) is 0 Å². The van der Waals surface area contributed by atoms with Crippen molar-refractivity contribution in [3.05, 3.63) is 63.9 Å². The zero-order valence-corrected chi connectivity index (χ0v) is 12.1. The Hall–Kier alpha value is -1.58. The summed E-state index contributed by atoms with van der Waals surface area (Å²) >= 11 is 5.63. The van der Waals surface area contributed by atoms with Gasteiger partial charge in [0.15, 0.2) is 0 Å². The van der Waals surface area contributed by atoms with Crippen molar-refractivity contribution < 1.29 is 14.2 Å². The van der Waals surface area contributed by atoms with Gasteiger partial charge in [-0.1, -0.05) is 29.3 Å². The van der Waals surface area contributed by atoms with Crippen LogP contribution < -0.4 is 4.74 Å². The average Bonchev–Trinajstić information content (AvgIpc) is 2.41. The molecule has 0 radical (unpaired) electrons. The summed E-state index contributed by atoms with van der Waals surface area (Å²) in [6, 6.07) is 10.1. The number of hydrogen-bond donors (Lipinski definition) is 1. The topological polar surface area (TPSA) is 29.5 Å². The Kier molecular flexibility index (Phi) is 4.63. The molecule has 0 unspecified atom stereocenters. The Morgan fingerprint density at radius 2 is 2.00 bits per heavy atom. The van der Waals surface area contributed by atoms with Gasteiger partial charge in [0.05, 0.1) is 11.1 Å². The highest BCUT2D eigenvalue weighted by Crippen LogP contribution is 2.27. The maximum atomic E-state index is 13.3. The molecule has 0 saturated carbocycles. The monoisotopic (exact) mass is 294 g/mol. The molecule has 0 spiro atoms. The Bertz CT molecular complexity index is 611. The molecular weight excluding hydrogens is 279 g/mol. The third kappa shape index (κ3) is 3.50. The number of ether oxygens (including phenoxy) is 1. The molecule has 0 heterocycles. The predicted octanol–water partition coefficient (Wildman–Crippen LogP) is 4.42. The summed E-state index contributed by atoms with van der Waals surface area (Å²) in [5, 5.41) is 9.84. The van der Waals surface area contributed by atoms with E-state index in [0.29, 0.717) is 11.3 Å². The molecule has 2 aromatic carbocycles. The molecule has 0 aliphatic rings. The number of hydrogen-bond acceptors (Lipinski definition) is 2. The van der Waals surface area contributed by atoms with Crippen LogP contribution in [-0.2, 0) is 6.61 Å². The zero-order chi connectivity index (χ0) is 14.7. The SMILES string of the molecule is Cc1ccc(OCc2ccc(Cl)c(F)c2)c([C@@H](C)O)c1. The number of rotatable bonds is 4. The number of aliphatic hydroxyl groups is 1. The maximum absolute atomic E-state index is 13.3. The first kappa shape index (κ1) is 14.8. The minimum absolute atomic E-state index is 0.0914. The smallest absolute Gasteiger partial charge is 0.142 e. The number of halogens is 2. The van der Waals surface area contributed by atoms with E-state index in [2.05, 4.69) is 0 Å². The second-order valence-corrected chi connectivity index (χ2v) is 5.16. The fourth-order valence-corrected chi connectivity index (χ4v) is 2.03. The highest BCUT2D eigenvalue weighted by atomic mass is 35.5. The van der Waals surface area contributed by atoms with Crippen molar-refractivity contribution in [2.75, 3.05) is 0 Å². The van der Waals surface area contributed by atoms with Crippen LogP contribution in [0.4, 0.5) is 4.39 Å². The Morgan fingerprint density at radius 1 is 1.25 bits per heavy atom. The Labute approximate surface area is 122 Å². The van der Waals surface area contributed by atoms with E-state index in [1.807, 2.05) is 25.1 Å². The lowest BCUT2D eigenvalue weighted by Gasteiger charge is -2.14. The van der Waals surface area contributed by atoms with Gasteiger partial charge in [-0.3, -0.25) is 0 Å². The maximum Gasteiger partial charge on any atom is 0.142 e. The molecule has 2 aromatic rings. The lowest BCUT2D eigenvalue weighted by Crippen LogP contribution is -2.01. The van der Waals surface area contributed by atoms with Crippen molar-refractivity contribution in [2.45, 2.75) is 26.6 Å². The molecule has 0 aliphatic heterocycles. The molecule has 0 aliphatic carbocycles. The second kappa shape index (κ2) is 6.25. The van der Waals surface area contributed by atoms with Gasteiger partial charge < -0.3 is 9.84 Å². The fraction of sp³-hybridized carbons (Fsp3) is 0.250. The van der Waals surface area contributed by atoms with Gasteiger partial charge in [0, 0.05) is 5.56 Å². The van der Waals surface area contributed by atoms with E-state index in [4.69, 9.17) is 16.3 Å². The first-order chi connectivity index (χ1) is 9.47. The van der Waals surface area contributed by atoms with Crippen LogP contribution in [0.1, 0.15) is 29.7 Å². The molecule has 0 fully saturated rings. The van der Waals surface area contributed by atoms with Crippen molar-refractivity contribution in [3.8, 4) is 5.75 Å². The minimum Gasteiger partial charge on any atom is -0.489 e. The quantitative estimate of drug-likeness (QED) is 0.904. The van der Waals surface area contributed by atoms with Crippen LogP contribution >= 0.6 is 11.6 Å². The molecule has 0 amide bonds. The average molecular weight is 295 g/mol. The van der Waals surface area contributed by atoms with Gasteiger partial charge >= 0.3 is 0 Å². The molecule has 1 atom stereocenters. The van der Waals surface area contributed by atoms with E-state index in [9.17, 15) is 9.50 Å². The summed E-state index contributed by atoms with van der Waals surface area (Å²) < 4.78 is 19.0. The molecule has 0 aromatic heterocycles. The van der Waals surface area contributed by atoms with Gasteiger partial charge in [-0.15, -0.1) is 0 Å². The van der Waals surface area contributed by atoms with Gasteiger partial charge in [0.1, 0.15) is 18.2 Å². The van der Waals surface area contributed by atoms with E-state index < -0.39 is 11.9 Å². The summed E-state index contributed by atoms with van der Waals surface area (Å²) in [6.45, 7) is 3.85. The molecule has 4 heteroatoms. The molecular formula is C16H16ClFO2. The van der Waals surface area contributed by atoms with Crippen molar-refractivity contribution in [2.24, 2.45) is 0 Å². The van der Waals surface area contributed by atoms with Gasteiger partial charge in [-0.2, -0.15) is 0 Å². The molecule has 20 heavy (non-hydrogen) atoms. The number of aliphatic hydroxyl groups excluding tert-OH is 1. The van der Waals surface area contributed by atoms with Crippen molar-refractivity contribution >= 4 is 11.6 Å². The lowest BCUT2D eigenvalue weighted by molar-refractivity contribution is 0.190. The minimum atomic E-state index is -0.619. The van der Waals surface area contributed by atoms with E-state index in [1.165, 1.54) is 12.1 Å². The standard InChI is InChI=1S/C16H16ClFO2/c1-10-3-6-16(13(7-10)11(2)19)20-9-12-4-5-14(17)15(18)8-12/h3-8,11,19H,9H2,1-2H3/t11-/m1/s1. The summed E-state index contributed by atoms with van der Waals surface area (Å²) in [4.78, 5) is 0. The van der Waals surface area contributed by atoms with E-state index in [0.717, 1.165) is 11.1 Å². The van der Waals surface area contributed by atoms with Crippen LogP contribution in [0.25, 0.3) is 0 Å². The Morgan fingerprint density at radius 3 is 2.65 bits per heavy atom. The van der Waals surface area contributed by atoms with Crippen LogP contribution in [0.15, 0.2) is 36.4 Å². The normalized spacial score (nSPS) is 12.2. The van der Waals surface area contributed by atoms with Gasteiger partial charge in [0.25, 0.3) is 0 Å². The van der Waals surface area contributed by atoms with Crippen LogP contribution in [0, 0.1) is 12.7 Å². The van der Waals surface area contributed by atoms with E-state index >= 15 is 0 Å². The number of aryl methyl sites for hydroxylation is 1. The molecule has 1 N–H and O–H groups in total. The highest BCUT2D eigenvalue weighted by Gasteiger charge is 2.10. The molecule has 2 rings (SSSR count). The summed E-state index contributed by atoms with van der Waals surface area (Å²) in [5.74, 6) is 0.133. The summed E-state index contributed by atoms with van der Waals surface area (Å²) in [5.41, 5.74) is 2.45. The summed E-state index contributed by atoms with van der Waals surface area (Å²) in [6.07, 6.45) is -0.619.